The number of amides is 1. The number of hydrogen-bond donors (Lipinski definition) is 2. The molecular formula is C10H10NO5S-. The minimum absolute atomic E-state index is 0.220. The lowest BCUT2D eigenvalue weighted by Crippen LogP contribution is -2.32. The third kappa shape index (κ3) is 3.80. The van der Waals surface area contributed by atoms with Crippen LogP contribution in [0.4, 0.5) is 0 Å². The van der Waals surface area contributed by atoms with E-state index in [-0.39, 0.29) is 5.56 Å². The number of nitrogens with one attached hydrogen (secondary N) is 1. The second-order valence-electron chi connectivity index (χ2n) is 3.22. The number of sulfonamides is 1. The van der Waals surface area contributed by atoms with Gasteiger partial charge in [0.05, 0.1) is 5.75 Å². The van der Waals surface area contributed by atoms with Gasteiger partial charge in [0, 0.05) is 5.56 Å². The van der Waals surface area contributed by atoms with Crippen LogP contribution in [0.3, 0.4) is 0 Å². The van der Waals surface area contributed by atoms with Crippen molar-refractivity contribution in [2.75, 3.05) is 5.75 Å². The maximum Gasteiger partial charge on any atom is 0.264 e. The molecule has 0 saturated carbocycles. The summed E-state index contributed by atoms with van der Waals surface area (Å²) in [4.78, 5) is 11.5. The highest BCUT2D eigenvalue weighted by Gasteiger charge is 2.14. The molecule has 0 spiro atoms. The molecule has 6 nitrogen and oxygen atoms in total. The van der Waals surface area contributed by atoms with Crippen LogP contribution in [0.1, 0.15) is 10.4 Å². The molecule has 0 fully saturated rings. The van der Waals surface area contributed by atoms with Crippen LogP contribution in [-0.2, 0) is 10.0 Å². The van der Waals surface area contributed by atoms with E-state index in [0.717, 1.165) is 24.3 Å². The minimum atomic E-state index is -3.81. The zero-order valence-electron chi connectivity index (χ0n) is 8.71. The summed E-state index contributed by atoms with van der Waals surface area (Å²) < 4.78 is 24.2. The Morgan fingerprint density at radius 2 is 2.12 bits per heavy atom. The molecule has 1 aromatic carbocycles. The van der Waals surface area contributed by atoms with Gasteiger partial charge in [0.1, 0.15) is 5.75 Å². The molecule has 0 aliphatic carbocycles. The smallest absolute Gasteiger partial charge is 0.264 e. The molecule has 7 heteroatoms. The van der Waals surface area contributed by atoms with Gasteiger partial charge in [0.2, 0.25) is 10.0 Å². The van der Waals surface area contributed by atoms with Crippen LogP contribution >= 0.6 is 0 Å². The number of rotatable bonds is 4. The van der Waals surface area contributed by atoms with Crippen molar-refractivity contribution >= 4 is 15.9 Å². The molecule has 17 heavy (non-hydrogen) atoms. The van der Waals surface area contributed by atoms with E-state index in [9.17, 15) is 18.3 Å². The van der Waals surface area contributed by atoms with Crippen molar-refractivity contribution in [1.29, 1.82) is 0 Å². The Morgan fingerprint density at radius 1 is 1.47 bits per heavy atom. The number of phenolic OH excluding ortho intramolecular Hbond substituents is 1. The van der Waals surface area contributed by atoms with Crippen LogP contribution in [0.5, 0.6) is 11.5 Å². The maximum absolute atomic E-state index is 11.5. The Bertz CT molecular complexity index is 530. The summed E-state index contributed by atoms with van der Waals surface area (Å²) in [7, 11) is -3.81. The predicted molar refractivity (Wildman–Crippen MR) is 59.0 cm³/mol. The van der Waals surface area contributed by atoms with Crippen molar-refractivity contribution < 1.29 is 23.4 Å². The third-order valence-electron chi connectivity index (χ3n) is 1.74. The fraction of sp³-hybridized carbons (Fsp3) is 0.100. The van der Waals surface area contributed by atoms with E-state index in [1.165, 1.54) is 0 Å². The zero-order valence-corrected chi connectivity index (χ0v) is 9.53. The van der Waals surface area contributed by atoms with E-state index >= 15 is 0 Å². The molecule has 1 amide bonds. The second-order valence-corrected chi connectivity index (χ2v) is 4.98. The first-order chi connectivity index (χ1) is 7.84. The number of aromatic hydroxyl groups is 1. The van der Waals surface area contributed by atoms with Gasteiger partial charge in [-0.15, -0.1) is 12.3 Å². The predicted octanol–water partition coefficient (Wildman–Crippen LogP) is -0.289. The maximum atomic E-state index is 11.5. The van der Waals surface area contributed by atoms with E-state index in [1.807, 2.05) is 0 Å². The van der Waals surface area contributed by atoms with Gasteiger partial charge in [0.25, 0.3) is 5.91 Å². The van der Waals surface area contributed by atoms with Gasteiger partial charge >= 0.3 is 0 Å². The van der Waals surface area contributed by atoms with Crippen molar-refractivity contribution in [3.63, 3.8) is 0 Å². The molecule has 92 valence electrons. The van der Waals surface area contributed by atoms with Gasteiger partial charge in [-0.2, -0.15) is 0 Å². The standard InChI is InChI=1S/C10H11NO5S/c1-2-3-17(15,16)11-10(14)7-4-8(12)6-9(13)5-7/h2,4-6,12-13H,1,3H2,(H,11,14)/p-1. The molecular weight excluding hydrogens is 246 g/mol. The summed E-state index contributed by atoms with van der Waals surface area (Å²) in [6.07, 6.45) is 1.12. The number of carbonyl (C=O) groups is 1. The average molecular weight is 256 g/mol. The number of phenols is 1. The van der Waals surface area contributed by atoms with Crippen LogP contribution in [-0.4, -0.2) is 25.2 Å². The number of benzene rings is 1. The number of hydrogen-bond acceptors (Lipinski definition) is 5. The lowest BCUT2D eigenvalue weighted by molar-refractivity contribution is -0.268. The summed E-state index contributed by atoms with van der Waals surface area (Å²) in [6, 6.07) is 2.84. The van der Waals surface area contributed by atoms with Crippen LogP contribution in [0.15, 0.2) is 30.9 Å². The van der Waals surface area contributed by atoms with Gasteiger partial charge in [0.15, 0.2) is 0 Å². The van der Waals surface area contributed by atoms with Gasteiger partial charge in [-0.1, -0.05) is 12.1 Å². The van der Waals surface area contributed by atoms with Crippen molar-refractivity contribution in [1.82, 2.24) is 4.72 Å². The lowest BCUT2D eigenvalue weighted by Gasteiger charge is -2.09. The number of carbonyl (C=O) groups excluding carboxylic acids is 1. The monoisotopic (exact) mass is 256 g/mol. The highest BCUT2D eigenvalue weighted by molar-refractivity contribution is 7.90. The fourth-order valence-corrected chi connectivity index (χ4v) is 1.91. The zero-order chi connectivity index (χ0) is 13.1. The molecule has 1 rings (SSSR count). The fourth-order valence-electron chi connectivity index (χ4n) is 1.11. The molecule has 0 bridgehead atoms. The topological polar surface area (TPSA) is 107 Å². The van der Waals surface area contributed by atoms with Gasteiger partial charge in [-0.05, 0) is 12.1 Å². The van der Waals surface area contributed by atoms with E-state index in [4.69, 9.17) is 5.11 Å². The largest absolute Gasteiger partial charge is 0.872 e. The third-order valence-corrected chi connectivity index (χ3v) is 2.91. The highest BCUT2D eigenvalue weighted by Crippen LogP contribution is 2.18. The molecule has 0 aliphatic heterocycles. The Labute approximate surface area is 98.3 Å². The SMILES string of the molecule is C=CCS(=O)(=O)NC(=O)c1cc([O-])cc(O)c1. The van der Waals surface area contributed by atoms with E-state index in [1.54, 1.807) is 4.72 Å². The van der Waals surface area contributed by atoms with Crippen LogP contribution < -0.4 is 9.83 Å². The van der Waals surface area contributed by atoms with Gasteiger partial charge in [-0.3, -0.25) is 4.79 Å². The van der Waals surface area contributed by atoms with Gasteiger partial charge < -0.3 is 10.2 Å². The molecule has 2 N–H and O–H groups in total. The molecule has 0 unspecified atom stereocenters. The van der Waals surface area contributed by atoms with Crippen molar-refractivity contribution in [3.05, 3.63) is 36.4 Å². The summed E-state index contributed by atoms with van der Waals surface area (Å²) in [5.74, 6) is -2.37. The molecule has 0 heterocycles. The Kier molecular flexibility index (Phi) is 3.74. The van der Waals surface area contributed by atoms with E-state index in [2.05, 4.69) is 6.58 Å². The Balaban J connectivity index is 2.94. The van der Waals surface area contributed by atoms with Crippen molar-refractivity contribution in [2.45, 2.75) is 0 Å². The first-order valence-electron chi connectivity index (χ1n) is 4.51. The van der Waals surface area contributed by atoms with Crippen molar-refractivity contribution in [2.24, 2.45) is 0 Å². The summed E-state index contributed by atoms with van der Waals surface area (Å²) in [6.45, 7) is 3.23. The molecule has 0 saturated heterocycles. The average Bonchev–Trinajstić information content (AvgIpc) is 2.14. The normalized spacial score (nSPS) is 10.8. The minimum Gasteiger partial charge on any atom is -0.872 e. The Morgan fingerprint density at radius 3 is 2.65 bits per heavy atom. The van der Waals surface area contributed by atoms with Gasteiger partial charge in [-0.25, -0.2) is 13.1 Å². The van der Waals surface area contributed by atoms with E-state index < -0.39 is 33.2 Å². The van der Waals surface area contributed by atoms with E-state index in [0.29, 0.717) is 0 Å². The molecule has 0 aromatic heterocycles. The summed E-state index contributed by atoms with van der Waals surface area (Å²) in [5, 5.41) is 20.1. The molecule has 0 aliphatic rings. The highest BCUT2D eigenvalue weighted by atomic mass is 32.2. The molecule has 0 radical (unpaired) electrons. The summed E-state index contributed by atoms with van der Waals surface area (Å²) >= 11 is 0. The summed E-state index contributed by atoms with van der Waals surface area (Å²) in [5.41, 5.74) is -0.220. The molecule has 0 atom stereocenters. The van der Waals surface area contributed by atoms with Crippen LogP contribution in [0.25, 0.3) is 0 Å². The van der Waals surface area contributed by atoms with Crippen molar-refractivity contribution in [3.8, 4) is 11.5 Å². The van der Waals surface area contributed by atoms with Crippen LogP contribution in [0.2, 0.25) is 0 Å². The van der Waals surface area contributed by atoms with Crippen LogP contribution in [0, 0.1) is 0 Å². The first kappa shape index (κ1) is 13.0. The molecule has 1 aromatic rings. The second kappa shape index (κ2) is 4.88. The quantitative estimate of drug-likeness (QED) is 0.720. The Hall–Kier alpha value is -2.02. The lowest BCUT2D eigenvalue weighted by atomic mass is 10.2. The first-order valence-corrected chi connectivity index (χ1v) is 6.16.